The Labute approximate surface area is 164 Å². The van der Waals surface area contributed by atoms with Crippen LogP contribution in [-0.2, 0) is 13.1 Å². The molecule has 0 fully saturated rings. The Kier molecular flexibility index (Phi) is 6.57. The highest BCUT2D eigenvalue weighted by Crippen LogP contribution is 2.30. The SMILES string of the molecule is CCOc1cc(NC(=O)N(Cc2ccccc2)Cc2ccco2)ccc1OC. The maximum atomic E-state index is 13.0. The topological polar surface area (TPSA) is 63.9 Å². The summed E-state index contributed by atoms with van der Waals surface area (Å²) in [7, 11) is 1.58. The van der Waals surface area contributed by atoms with Gasteiger partial charge < -0.3 is 24.1 Å². The first-order valence-electron chi connectivity index (χ1n) is 9.12. The number of nitrogens with zero attached hydrogens (tertiary/aromatic N) is 1. The van der Waals surface area contributed by atoms with Crippen molar-refractivity contribution < 1.29 is 18.7 Å². The van der Waals surface area contributed by atoms with Gasteiger partial charge in [-0.3, -0.25) is 0 Å². The quantitative estimate of drug-likeness (QED) is 0.602. The van der Waals surface area contributed by atoms with E-state index in [1.165, 1.54) is 0 Å². The number of nitrogens with one attached hydrogen (secondary N) is 1. The second-order valence-corrected chi connectivity index (χ2v) is 6.15. The minimum absolute atomic E-state index is 0.229. The molecule has 0 saturated carbocycles. The molecule has 1 aromatic heterocycles. The van der Waals surface area contributed by atoms with Gasteiger partial charge in [-0.1, -0.05) is 30.3 Å². The largest absolute Gasteiger partial charge is 0.493 e. The van der Waals surface area contributed by atoms with E-state index in [2.05, 4.69) is 5.32 Å². The van der Waals surface area contributed by atoms with Gasteiger partial charge in [-0.05, 0) is 36.8 Å². The Bertz CT molecular complexity index is 879. The lowest BCUT2D eigenvalue weighted by Crippen LogP contribution is -2.34. The zero-order valence-corrected chi connectivity index (χ0v) is 16.1. The van der Waals surface area contributed by atoms with Gasteiger partial charge in [-0.15, -0.1) is 0 Å². The van der Waals surface area contributed by atoms with Gasteiger partial charge in [0.25, 0.3) is 0 Å². The highest BCUT2D eigenvalue weighted by molar-refractivity contribution is 5.89. The van der Waals surface area contributed by atoms with E-state index in [4.69, 9.17) is 13.9 Å². The van der Waals surface area contributed by atoms with E-state index < -0.39 is 0 Å². The molecule has 0 aliphatic heterocycles. The van der Waals surface area contributed by atoms with Crippen LogP contribution < -0.4 is 14.8 Å². The molecular weight excluding hydrogens is 356 g/mol. The Balaban J connectivity index is 1.77. The number of amides is 2. The molecule has 0 spiro atoms. The van der Waals surface area contributed by atoms with Crippen LogP contribution >= 0.6 is 0 Å². The third-order valence-electron chi connectivity index (χ3n) is 4.15. The fourth-order valence-electron chi connectivity index (χ4n) is 2.82. The first-order valence-corrected chi connectivity index (χ1v) is 9.12. The summed E-state index contributed by atoms with van der Waals surface area (Å²) in [4.78, 5) is 14.7. The van der Waals surface area contributed by atoms with Gasteiger partial charge in [0.2, 0.25) is 0 Å². The zero-order chi connectivity index (χ0) is 19.8. The molecule has 0 atom stereocenters. The molecular formula is C22H24N2O4. The lowest BCUT2D eigenvalue weighted by Gasteiger charge is -2.22. The summed E-state index contributed by atoms with van der Waals surface area (Å²) in [6.45, 7) is 3.23. The van der Waals surface area contributed by atoms with Crippen LogP contribution in [0.2, 0.25) is 0 Å². The summed E-state index contributed by atoms with van der Waals surface area (Å²) < 4.78 is 16.3. The number of carbonyl (C=O) groups excluding carboxylic acids is 1. The number of furan rings is 1. The molecule has 6 heteroatoms. The van der Waals surface area contributed by atoms with Crippen molar-refractivity contribution >= 4 is 11.7 Å². The molecule has 2 amide bonds. The number of hydrogen-bond donors (Lipinski definition) is 1. The number of methoxy groups -OCH3 is 1. The van der Waals surface area contributed by atoms with Crippen LogP contribution in [0.5, 0.6) is 11.5 Å². The van der Waals surface area contributed by atoms with Gasteiger partial charge in [0, 0.05) is 18.3 Å². The van der Waals surface area contributed by atoms with Crippen LogP contribution in [0.3, 0.4) is 0 Å². The van der Waals surface area contributed by atoms with Crippen molar-refractivity contribution in [3.8, 4) is 11.5 Å². The van der Waals surface area contributed by atoms with Crippen LogP contribution in [0.25, 0.3) is 0 Å². The minimum atomic E-state index is -0.229. The average Bonchev–Trinajstić information content (AvgIpc) is 3.22. The number of carbonyl (C=O) groups is 1. The molecule has 0 aliphatic rings. The second-order valence-electron chi connectivity index (χ2n) is 6.15. The van der Waals surface area contributed by atoms with E-state index in [0.29, 0.717) is 36.9 Å². The van der Waals surface area contributed by atoms with Crippen molar-refractivity contribution in [1.29, 1.82) is 0 Å². The first kappa shape index (κ1) is 19.4. The van der Waals surface area contributed by atoms with Crippen LogP contribution in [0.1, 0.15) is 18.2 Å². The maximum absolute atomic E-state index is 13.0. The molecule has 0 saturated heterocycles. The summed E-state index contributed by atoms with van der Waals surface area (Å²) in [6.07, 6.45) is 1.60. The van der Waals surface area contributed by atoms with Crippen molar-refractivity contribution in [2.45, 2.75) is 20.0 Å². The first-order chi connectivity index (χ1) is 13.7. The van der Waals surface area contributed by atoms with Crippen LogP contribution in [0, 0.1) is 0 Å². The average molecular weight is 380 g/mol. The van der Waals surface area contributed by atoms with Crippen molar-refractivity contribution in [2.75, 3.05) is 19.0 Å². The maximum Gasteiger partial charge on any atom is 0.322 e. The van der Waals surface area contributed by atoms with Crippen molar-refractivity contribution in [1.82, 2.24) is 4.90 Å². The lowest BCUT2D eigenvalue weighted by atomic mass is 10.2. The van der Waals surface area contributed by atoms with Crippen molar-refractivity contribution in [3.63, 3.8) is 0 Å². The van der Waals surface area contributed by atoms with Crippen molar-refractivity contribution in [3.05, 3.63) is 78.3 Å². The predicted molar refractivity (Wildman–Crippen MR) is 108 cm³/mol. The number of hydrogen-bond acceptors (Lipinski definition) is 4. The van der Waals surface area contributed by atoms with Gasteiger partial charge in [0.05, 0.1) is 26.5 Å². The highest BCUT2D eigenvalue weighted by Gasteiger charge is 2.17. The fraction of sp³-hybridized carbons (Fsp3) is 0.227. The summed E-state index contributed by atoms with van der Waals surface area (Å²) >= 11 is 0. The normalized spacial score (nSPS) is 10.4. The Hall–Kier alpha value is -3.41. The van der Waals surface area contributed by atoms with Gasteiger partial charge >= 0.3 is 6.03 Å². The smallest absolute Gasteiger partial charge is 0.322 e. The van der Waals surface area contributed by atoms with E-state index in [9.17, 15) is 4.79 Å². The molecule has 0 bridgehead atoms. The third kappa shape index (κ3) is 5.07. The molecule has 0 radical (unpaired) electrons. The van der Waals surface area contributed by atoms with Crippen LogP contribution in [0.15, 0.2) is 71.3 Å². The summed E-state index contributed by atoms with van der Waals surface area (Å²) in [5.41, 5.74) is 1.67. The molecule has 0 unspecified atom stereocenters. The Morgan fingerprint density at radius 2 is 1.86 bits per heavy atom. The standard InChI is InChI=1S/C22H24N2O4/c1-3-27-21-14-18(11-12-20(21)26-2)23-22(25)24(16-19-10-7-13-28-19)15-17-8-5-4-6-9-17/h4-14H,3,15-16H2,1-2H3,(H,23,25). The molecule has 0 aliphatic carbocycles. The second kappa shape index (κ2) is 9.50. The molecule has 146 valence electrons. The van der Waals surface area contributed by atoms with E-state index in [0.717, 1.165) is 11.3 Å². The Morgan fingerprint density at radius 1 is 1.04 bits per heavy atom. The fourth-order valence-corrected chi connectivity index (χ4v) is 2.82. The Morgan fingerprint density at radius 3 is 2.54 bits per heavy atom. The van der Waals surface area contributed by atoms with Crippen LogP contribution in [0.4, 0.5) is 10.5 Å². The number of ether oxygens (including phenoxy) is 2. The molecule has 3 rings (SSSR count). The molecule has 6 nitrogen and oxygen atoms in total. The van der Waals surface area contributed by atoms with E-state index >= 15 is 0 Å². The summed E-state index contributed by atoms with van der Waals surface area (Å²) in [6, 6.07) is 18.6. The summed E-state index contributed by atoms with van der Waals surface area (Å²) in [5, 5.41) is 2.93. The predicted octanol–water partition coefficient (Wildman–Crippen LogP) is 4.92. The third-order valence-corrected chi connectivity index (χ3v) is 4.15. The monoisotopic (exact) mass is 380 g/mol. The number of rotatable bonds is 8. The molecule has 2 aromatic carbocycles. The van der Waals surface area contributed by atoms with E-state index in [1.807, 2.05) is 49.4 Å². The molecule has 28 heavy (non-hydrogen) atoms. The van der Waals surface area contributed by atoms with Gasteiger partial charge in [-0.2, -0.15) is 0 Å². The van der Waals surface area contributed by atoms with E-state index in [-0.39, 0.29) is 6.03 Å². The highest BCUT2D eigenvalue weighted by atomic mass is 16.5. The van der Waals surface area contributed by atoms with E-state index in [1.54, 1.807) is 36.5 Å². The summed E-state index contributed by atoms with van der Waals surface area (Å²) in [5.74, 6) is 1.93. The van der Waals surface area contributed by atoms with Crippen molar-refractivity contribution in [2.24, 2.45) is 0 Å². The molecule has 1 N–H and O–H groups in total. The molecule has 1 heterocycles. The lowest BCUT2D eigenvalue weighted by molar-refractivity contribution is 0.201. The minimum Gasteiger partial charge on any atom is -0.493 e. The van der Waals surface area contributed by atoms with Crippen LogP contribution in [-0.4, -0.2) is 24.6 Å². The molecule has 3 aromatic rings. The number of benzene rings is 2. The van der Waals surface area contributed by atoms with Gasteiger partial charge in [-0.25, -0.2) is 4.79 Å². The number of anilines is 1. The zero-order valence-electron chi connectivity index (χ0n) is 16.1. The van der Waals surface area contributed by atoms with Gasteiger partial charge in [0.15, 0.2) is 11.5 Å². The number of urea groups is 1. The van der Waals surface area contributed by atoms with Gasteiger partial charge in [0.1, 0.15) is 5.76 Å².